The summed E-state index contributed by atoms with van der Waals surface area (Å²) in [6.07, 6.45) is 2.45. The van der Waals surface area contributed by atoms with Crippen molar-refractivity contribution in [3.05, 3.63) is 34.1 Å². The summed E-state index contributed by atoms with van der Waals surface area (Å²) in [5, 5.41) is 12.4. The van der Waals surface area contributed by atoms with Crippen molar-refractivity contribution in [2.75, 3.05) is 0 Å². The lowest BCUT2D eigenvalue weighted by Crippen LogP contribution is -2.15. The SMILES string of the molecule is Clc1cc(Cl)cc(-c2nnc(CNC3CC3)o2)c1. The predicted octanol–water partition coefficient (Wildman–Crippen LogP) is 3.30. The molecule has 0 amide bonds. The molecule has 2 aromatic rings. The van der Waals surface area contributed by atoms with Crippen molar-refractivity contribution in [2.24, 2.45) is 0 Å². The van der Waals surface area contributed by atoms with Crippen molar-refractivity contribution in [1.29, 1.82) is 0 Å². The molecular formula is C12H11Cl2N3O. The molecule has 0 aliphatic heterocycles. The van der Waals surface area contributed by atoms with Gasteiger partial charge in [0.05, 0.1) is 6.54 Å². The largest absolute Gasteiger partial charge is 0.419 e. The fourth-order valence-corrected chi connectivity index (χ4v) is 2.16. The molecule has 1 saturated carbocycles. The minimum atomic E-state index is 0.437. The monoisotopic (exact) mass is 283 g/mol. The van der Waals surface area contributed by atoms with E-state index in [9.17, 15) is 0 Å². The molecule has 1 aliphatic carbocycles. The molecule has 0 saturated heterocycles. The zero-order chi connectivity index (χ0) is 12.5. The molecule has 18 heavy (non-hydrogen) atoms. The molecule has 1 aromatic carbocycles. The topological polar surface area (TPSA) is 51.0 Å². The molecular weight excluding hydrogens is 273 g/mol. The van der Waals surface area contributed by atoms with E-state index in [1.807, 2.05) is 0 Å². The average molecular weight is 284 g/mol. The Morgan fingerprint density at radius 3 is 2.56 bits per heavy atom. The molecule has 1 heterocycles. The van der Waals surface area contributed by atoms with Gasteiger partial charge in [-0.3, -0.25) is 0 Å². The van der Waals surface area contributed by atoms with E-state index in [0.717, 1.165) is 5.56 Å². The summed E-state index contributed by atoms with van der Waals surface area (Å²) in [5.41, 5.74) is 0.734. The highest BCUT2D eigenvalue weighted by Crippen LogP contribution is 2.26. The van der Waals surface area contributed by atoms with Crippen LogP contribution in [0.2, 0.25) is 10.0 Å². The Hall–Kier alpha value is -1.10. The highest BCUT2D eigenvalue weighted by atomic mass is 35.5. The van der Waals surface area contributed by atoms with Crippen LogP contribution in [0, 0.1) is 0 Å². The molecule has 3 rings (SSSR count). The highest BCUT2D eigenvalue weighted by Gasteiger charge is 2.21. The van der Waals surface area contributed by atoms with Crippen LogP contribution in [-0.4, -0.2) is 16.2 Å². The van der Waals surface area contributed by atoms with E-state index in [0.29, 0.717) is 34.4 Å². The van der Waals surface area contributed by atoms with E-state index >= 15 is 0 Å². The average Bonchev–Trinajstić information content (AvgIpc) is 3.02. The van der Waals surface area contributed by atoms with Crippen molar-refractivity contribution in [1.82, 2.24) is 15.5 Å². The molecule has 4 nitrogen and oxygen atoms in total. The number of hydrogen-bond acceptors (Lipinski definition) is 4. The number of nitrogens with zero attached hydrogens (tertiary/aromatic N) is 2. The van der Waals surface area contributed by atoms with Crippen LogP contribution < -0.4 is 5.32 Å². The zero-order valence-corrected chi connectivity index (χ0v) is 11.0. The van der Waals surface area contributed by atoms with Gasteiger partial charge in [0.15, 0.2) is 0 Å². The lowest BCUT2D eigenvalue weighted by Gasteiger charge is -1.98. The Morgan fingerprint density at radius 1 is 1.17 bits per heavy atom. The summed E-state index contributed by atoms with van der Waals surface area (Å²) in [5.74, 6) is 1.01. The fourth-order valence-electron chi connectivity index (χ4n) is 1.64. The van der Waals surface area contributed by atoms with Gasteiger partial charge in [-0.2, -0.15) is 0 Å². The molecule has 0 atom stereocenters. The summed E-state index contributed by atoms with van der Waals surface area (Å²) in [4.78, 5) is 0. The normalized spacial score (nSPS) is 15.0. The Bertz CT molecular complexity index is 546. The van der Waals surface area contributed by atoms with Crippen LogP contribution >= 0.6 is 23.2 Å². The van der Waals surface area contributed by atoms with Crippen LogP contribution in [0.3, 0.4) is 0 Å². The van der Waals surface area contributed by atoms with Crippen LogP contribution in [0.15, 0.2) is 22.6 Å². The third-order valence-corrected chi connectivity index (χ3v) is 3.13. The van der Waals surface area contributed by atoms with Gasteiger partial charge in [-0.15, -0.1) is 10.2 Å². The smallest absolute Gasteiger partial charge is 0.247 e. The number of rotatable bonds is 4. The van der Waals surface area contributed by atoms with Gasteiger partial charge in [-0.05, 0) is 31.0 Å². The Kier molecular flexibility index (Phi) is 3.24. The van der Waals surface area contributed by atoms with Gasteiger partial charge in [-0.1, -0.05) is 23.2 Å². The number of aromatic nitrogens is 2. The van der Waals surface area contributed by atoms with Crippen molar-refractivity contribution in [3.63, 3.8) is 0 Å². The van der Waals surface area contributed by atoms with Gasteiger partial charge in [0.25, 0.3) is 0 Å². The molecule has 1 fully saturated rings. The summed E-state index contributed by atoms with van der Waals surface area (Å²) < 4.78 is 5.56. The highest BCUT2D eigenvalue weighted by molar-refractivity contribution is 6.35. The van der Waals surface area contributed by atoms with Crippen LogP contribution in [0.1, 0.15) is 18.7 Å². The summed E-state index contributed by atoms with van der Waals surface area (Å²) in [6, 6.07) is 5.78. The number of halogens is 2. The maximum absolute atomic E-state index is 5.93. The molecule has 0 unspecified atom stereocenters. The van der Waals surface area contributed by atoms with Crippen LogP contribution in [0.25, 0.3) is 11.5 Å². The quantitative estimate of drug-likeness (QED) is 0.936. The Balaban J connectivity index is 1.78. The van der Waals surface area contributed by atoms with Crippen molar-refractivity contribution in [2.45, 2.75) is 25.4 Å². The third kappa shape index (κ3) is 2.83. The lowest BCUT2D eigenvalue weighted by molar-refractivity contribution is 0.476. The number of hydrogen-bond donors (Lipinski definition) is 1. The van der Waals surface area contributed by atoms with Gasteiger partial charge in [0, 0.05) is 21.7 Å². The molecule has 0 bridgehead atoms. The minimum Gasteiger partial charge on any atom is -0.419 e. The van der Waals surface area contributed by atoms with E-state index in [1.165, 1.54) is 12.8 Å². The molecule has 94 valence electrons. The molecule has 1 aliphatic rings. The maximum atomic E-state index is 5.93. The van der Waals surface area contributed by atoms with E-state index in [2.05, 4.69) is 15.5 Å². The standard InChI is InChI=1S/C12H11Cl2N3O/c13-8-3-7(4-9(14)5-8)12-17-16-11(18-12)6-15-10-1-2-10/h3-5,10,15H,1-2,6H2. The van der Waals surface area contributed by atoms with Gasteiger partial charge >= 0.3 is 0 Å². The first-order valence-electron chi connectivity index (χ1n) is 5.73. The van der Waals surface area contributed by atoms with Crippen LogP contribution in [0.4, 0.5) is 0 Å². The van der Waals surface area contributed by atoms with E-state index in [4.69, 9.17) is 27.6 Å². The minimum absolute atomic E-state index is 0.437. The fraction of sp³-hybridized carbons (Fsp3) is 0.333. The Morgan fingerprint density at radius 2 is 1.89 bits per heavy atom. The second-order valence-corrected chi connectivity index (χ2v) is 5.19. The first kappa shape index (κ1) is 12.0. The number of benzene rings is 1. The lowest BCUT2D eigenvalue weighted by atomic mass is 10.2. The first-order chi connectivity index (χ1) is 8.70. The van der Waals surface area contributed by atoms with E-state index in [-0.39, 0.29) is 0 Å². The molecule has 0 spiro atoms. The van der Waals surface area contributed by atoms with E-state index in [1.54, 1.807) is 18.2 Å². The summed E-state index contributed by atoms with van der Waals surface area (Å²) in [6.45, 7) is 0.603. The third-order valence-electron chi connectivity index (χ3n) is 2.70. The van der Waals surface area contributed by atoms with Gasteiger partial charge in [-0.25, -0.2) is 0 Å². The van der Waals surface area contributed by atoms with E-state index < -0.39 is 0 Å². The molecule has 6 heteroatoms. The van der Waals surface area contributed by atoms with Crippen LogP contribution in [-0.2, 0) is 6.54 Å². The number of nitrogens with one attached hydrogen (secondary N) is 1. The van der Waals surface area contributed by atoms with Gasteiger partial charge < -0.3 is 9.73 Å². The van der Waals surface area contributed by atoms with Gasteiger partial charge in [0.1, 0.15) is 0 Å². The zero-order valence-electron chi connectivity index (χ0n) is 9.49. The second-order valence-electron chi connectivity index (χ2n) is 4.31. The molecule has 0 radical (unpaired) electrons. The van der Waals surface area contributed by atoms with Crippen molar-refractivity contribution in [3.8, 4) is 11.5 Å². The van der Waals surface area contributed by atoms with Crippen molar-refractivity contribution >= 4 is 23.2 Å². The molecule has 1 N–H and O–H groups in total. The Labute approximate surface area is 114 Å². The summed E-state index contributed by atoms with van der Waals surface area (Å²) in [7, 11) is 0. The van der Waals surface area contributed by atoms with Crippen LogP contribution in [0.5, 0.6) is 0 Å². The van der Waals surface area contributed by atoms with Crippen molar-refractivity contribution < 1.29 is 4.42 Å². The second kappa shape index (κ2) is 4.88. The van der Waals surface area contributed by atoms with Gasteiger partial charge in [0.2, 0.25) is 11.8 Å². The summed E-state index contributed by atoms with van der Waals surface area (Å²) >= 11 is 11.9. The predicted molar refractivity (Wildman–Crippen MR) is 69.6 cm³/mol. The maximum Gasteiger partial charge on any atom is 0.247 e. The first-order valence-corrected chi connectivity index (χ1v) is 6.48. The molecule has 1 aromatic heterocycles.